The minimum absolute atomic E-state index is 0.0944. The zero-order valence-corrected chi connectivity index (χ0v) is 15.6. The van der Waals surface area contributed by atoms with Crippen molar-refractivity contribution in [2.75, 3.05) is 13.1 Å². The van der Waals surface area contributed by atoms with Gasteiger partial charge in [0, 0.05) is 26.1 Å². The maximum atomic E-state index is 12.6. The van der Waals surface area contributed by atoms with Gasteiger partial charge in [0.15, 0.2) is 0 Å². The normalized spacial score (nSPS) is 19.8. The molecular formula is C19H28N2O3S. The molecule has 0 atom stereocenters. The van der Waals surface area contributed by atoms with Gasteiger partial charge in [0.2, 0.25) is 15.9 Å². The molecule has 1 aromatic carbocycles. The number of nitrogens with zero attached hydrogens (tertiary/aromatic N) is 1. The smallest absolute Gasteiger partial charge is 0.243 e. The molecular weight excluding hydrogens is 336 g/mol. The lowest BCUT2D eigenvalue weighted by atomic mass is 10.0. The molecule has 2 fully saturated rings. The molecule has 1 aliphatic heterocycles. The topological polar surface area (TPSA) is 66.5 Å². The van der Waals surface area contributed by atoms with Crippen molar-refractivity contribution in [1.29, 1.82) is 0 Å². The first-order chi connectivity index (χ1) is 12.1. The summed E-state index contributed by atoms with van der Waals surface area (Å²) in [5, 5.41) is 2.95. The second-order valence-electron chi connectivity index (χ2n) is 7.24. The van der Waals surface area contributed by atoms with E-state index >= 15 is 0 Å². The first-order valence-corrected chi connectivity index (χ1v) is 10.9. The molecule has 6 heteroatoms. The van der Waals surface area contributed by atoms with Crippen LogP contribution in [0.2, 0.25) is 0 Å². The summed E-state index contributed by atoms with van der Waals surface area (Å²) in [4.78, 5) is 12.3. The number of sulfonamides is 1. The fraction of sp³-hybridized carbons (Fsp3) is 0.632. The number of amides is 1. The van der Waals surface area contributed by atoms with Gasteiger partial charge >= 0.3 is 0 Å². The first-order valence-electron chi connectivity index (χ1n) is 9.41. The Morgan fingerprint density at radius 2 is 1.64 bits per heavy atom. The molecule has 0 unspecified atom stereocenters. The zero-order chi connectivity index (χ0) is 17.7. The maximum absolute atomic E-state index is 12.6. The lowest BCUT2D eigenvalue weighted by Gasteiger charge is -2.25. The van der Waals surface area contributed by atoms with Gasteiger partial charge in [-0.15, -0.1) is 0 Å². The average molecular weight is 365 g/mol. The number of hydrogen-bond acceptors (Lipinski definition) is 3. The number of piperidine rings is 1. The minimum Gasteiger partial charge on any atom is -0.352 e. The van der Waals surface area contributed by atoms with Gasteiger partial charge < -0.3 is 5.32 Å². The molecule has 3 rings (SSSR count). The van der Waals surface area contributed by atoms with E-state index in [4.69, 9.17) is 0 Å². The molecule has 1 saturated heterocycles. The highest BCUT2D eigenvalue weighted by molar-refractivity contribution is 7.89. The van der Waals surface area contributed by atoms with Gasteiger partial charge in [-0.3, -0.25) is 4.79 Å². The van der Waals surface area contributed by atoms with Crippen LogP contribution in [0.25, 0.3) is 0 Å². The van der Waals surface area contributed by atoms with Crippen molar-refractivity contribution >= 4 is 15.9 Å². The highest BCUT2D eigenvalue weighted by Crippen LogP contribution is 2.27. The van der Waals surface area contributed by atoms with E-state index in [2.05, 4.69) is 5.32 Å². The maximum Gasteiger partial charge on any atom is 0.243 e. The Bertz CT molecular complexity index is 673. The molecule has 1 aromatic rings. The van der Waals surface area contributed by atoms with E-state index in [1.165, 1.54) is 12.8 Å². The zero-order valence-electron chi connectivity index (χ0n) is 14.7. The molecule has 0 bridgehead atoms. The molecule has 1 heterocycles. The molecule has 0 spiro atoms. The van der Waals surface area contributed by atoms with Gasteiger partial charge in [-0.1, -0.05) is 31.4 Å². The van der Waals surface area contributed by atoms with Crippen molar-refractivity contribution in [3.63, 3.8) is 0 Å². The van der Waals surface area contributed by atoms with Crippen molar-refractivity contribution in [2.24, 2.45) is 5.92 Å². The van der Waals surface area contributed by atoms with Crippen LogP contribution in [0.3, 0.4) is 0 Å². The van der Waals surface area contributed by atoms with E-state index in [0.29, 0.717) is 36.9 Å². The van der Waals surface area contributed by atoms with Crippen molar-refractivity contribution in [2.45, 2.75) is 62.8 Å². The first kappa shape index (κ1) is 18.4. The minimum atomic E-state index is -3.38. The van der Waals surface area contributed by atoms with Gasteiger partial charge in [0.25, 0.3) is 0 Å². The van der Waals surface area contributed by atoms with Crippen LogP contribution in [0.15, 0.2) is 29.2 Å². The summed E-state index contributed by atoms with van der Waals surface area (Å²) >= 11 is 0. The molecule has 1 N–H and O–H groups in total. The van der Waals surface area contributed by atoms with E-state index in [1.807, 2.05) is 0 Å². The molecule has 1 saturated carbocycles. The highest BCUT2D eigenvalue weighted by atomic mass is 32.2. The van der Waals surface area contributed by atoms with Crippen LogP contribution in [-0.2, 0) is 21.4 Å². The van der Waals surface area contributed by atoms with Crippen molar-refractivity contribution in [3.8, 4) is 0 Å². The molecule has 2 aliphatic rings. The number of benzene rings is 1. The number of nitrogens with one attached hydrogen (secondary N) is 1. The Morgan fingerprint density at radius 1 is 1.00 bits per heavy atom. The van der Waals surface area contributed by atoms with E-state index < -0.39 is 10.0 Å². The van der Waals surface area contributed by atoms with Crippen LogP contribution in [0.4, 0.5) is 0 Å². The number of carbonyl (C=O) groups excluding carboxylic acids is 1. The van der Waals surface area contributed by atoms with Crippen molar-refractivity contribution in [3.05, 3.63) is 29.8 Å². The SMILES string of the molecule is O=C(CC1CCCC1)NCc1ccc(S(=O)(=O)N2CCCCC2)cc1. The lowest BCUT2D eigenvalue weighted by molar-refractivity contribution is -0.122. The van der Waals surface area contributed by atoms with Crippen molar-refractivity contribution < 1.29 is 13.2 Å². The fourth-order valence-electron chi connectivity index (χ4n) is 3.78. The Morgan fingerprint density at radius 3 is 2.28 bits per heavy atom. The van der Waals surface area contributed by atoms with E-state index in [-0.39, 0.29) is 5.91 Å². The summed E-state index contributed by atoms with van der Waals surface area (Å²) in [6, 6.07) is 6.91. The monoisotopic (exact) mass is 364 g/mol. The number of rotatable bonds is 6. The van der Waals surface area contributed by atoms with Crippen LogP contribution in [-0.4, -0.2) is 31.7 Å². The summed E-state index contributed by atoms with van der Waals surface area (Å²) in [6.07, 6.45) is 8.39. The molecule has 1 aliphatic carbocycles. The van der Waals surface area contributed by atoms with Gasteiger partial charge in [0.05, 0.1) is 4.90 Å². The van der Waals surface area contributed by atoms with Crippen LogP contribution in [0, 0.1) is 5.92 Å². The number of hydrogen-bond donors (Lipinski definition) is 1. The summed E-state index contributed by atoms with van der Waals surface area (Å²) < 4.78 is 26.8. The largest absolute Gasteiger partial charge is 0.352 e. The Hall–Kier alpha value is -1.40. The summed E-state index contributed by atoms with van der Waals surface area (Å²) in [5.74, 6) is 0.633. The van der Waals surface area contributed by atoms with E-state index in [1.54, 1.807) is 28.6 Å². The summed E-state index contributed by atoms with van der Waals surface area (Å²) in [5.41, 5.74) is 0.928. The standard InChI is InChI=1S/C19H28N2O3S/c22-19(14-16-6-2-3-7-16)20-15-17-8-10-18(11-9-17)25(23,24)21-12-4-1-5-13-21/h8-11,16H,1-7,12-15H2,(H,20,22). The molecule has 138 valence electrons. The summed E-state index contributed by atoms with van der Waals surface area (Å²) in [6.45, 7) is 1.68. The Kier molecular flexibility index (Phi) is 6.12. The third-order valence-corrected chi connectivity index (χ3v) is 7.23. The third-order valence-electron chi connectivity index (χ3n) is 5.31. The van der Waals surface area contributed by atoms with E-state index in [9.17, 15) is 13.2 Å². The second-order valence-corrected chi connectivity index (χ2v) is 9.18. The molecule has 25 heavy (non-hydrogen) atoms. The Labute approximate surface area is 150 Å². The van der Waals surface area contributed by atoms with E-state index in [0.717, 1.165) is 37.7 Å². The Balaban J connectivity index is 1.53. The molecule has 1 amide bonds. The number of carbonyl (C=O) groups is 1. The molecule has 0 radical (unpaired) electrons. The van der Waals surface area contributed by atoms with Crippen LogP contribution in [0.1, 0.15) is 56.9 Å². The van der Waals surface area contributed by atoms with Crippen molar-refractivity contribution in [1.82, 2.24) is 9.62 Å². The predicted molar refractivity (Wildman–Crippen MR) is 97.5 cm³/mol. The quantitative estimate of drug-likeness (QED) is 0.844. The third kappa shape index (κ3) is 4.82. The predicted octanol–water partition coefficient (Wildman–Crippen LogP) is 3.06. The van der Waals surface area contributed by atoms with Gasteiger partial charge in [0.1, 0.15) is 0 Å². The second kappa shape index (κ2) is 8.32. The van der Waals surface area contributed by atoms with Crippen LogP contribution < -0.4 is 5.32 Å². The van der Waals surface area contributed by atoms with Gasteiger partial charge in [-0.25, -0.2) is 8.42 Å². The molecule has 5 nitrogen and oxygen atoms in total. The molecule has 0 aromatic heterocycles. The summed E-state index contributed by atoms with van der Waals surface area (Å²) in [7, 11) is -3.38. The van der Waals surface area contributed by atoms with Crippen LogP contribution in [0.5, 0.6) is 0 Å². The lowest BCUT2D eigenvalue weighted by Crippen LogP contribution is -2.35. The fourth-order valence-corrected chi connectivity index (χ4v) is 5.30. The van der Waals surface area contributed by atoms with Gasteiger partial charge in [-0.2, -0.15) is 4.31 Å². The van der Waals surface area contributed by atoms with Gasteiger partial charge in [-0.05, 0) is 49.3 Å². The average Bonchev–Trinajstić information content (AvgIpc) is 3.14. The highest BCUT2D eigenvalue weighted by Gasteiger charge is 2.25. The van der Waals surface area contributed by atoms with Crippen LogP contribution >= 0.6 is 0 Å².